The number of rotatable bonds is 9. The van der Waals surface area contributed by atoms with Crippen molar-refractivity contribution in [2.75, 3.05) is 19.7 Å². The summed E-state index contributed by atoms with van der Waals surface area (Å²) in [5.41, 5.74) is 5.07. The van der Waals surface area contributed by atoms with Gasteiger partial charge in [0.25, 0.3) is 0 Å². The number of aldehydes is 1. The molecule has 0 aliphatic heterocycles. The van der Waals surface area contributed by atoms with Gasteiger partial charge in [0, 0.05) is 6.54 Å². The predicted molar refractivity (Wildman–Crippen MR) is 149 cm³/mol. The van der Waals surface area contributed by atoms with Gasteiger partial charge < -0.3 is 9.84 Å². The van der Waals surface area contributed by atoms with Gasteiger partial charge in [-0.25, -0.2) is 0 Å². The van der Waals surface area contributed by atoms with Gasteiger partial charge in [0.1, 0.15) is 11.5 Å². The number of benzene rings is 2. The van der Waals surface area contributed by atoms with Crippen LogP contribution >= 0.6 is 0 Å². The number of phenols is 1. The largest absolute Gasteiger partial charge is 0.508 e. The van der Waals surface area contributed by atoms with Crippen LogP contribution < -0.4 is 4.74 Å². The molecule has 2 aromatic rings. The number of aromatic hydroxyl groups is 1. The van der Waals surface area contributed by atoms with E-state index in [-0.39, 0.29) is 0 Å². The summed E-state index contributed by atoms with van der Waals surface area (Å²) in [5.74, 6) is 4.60. The van der Waals surface area contributed by atoms with Gasteiger partial charge in [-0.15, -0.1) is 0 Å². The maximum Gasteiger partial charge on any atom is 0.153 e. The summed E-state index contributed by atoms with van der Waals surface area (Å²) in [4.78, 5) is 14.2. The van der Waals surface area contributed by atoms with Crippen LogP contribution in [0.2, 0.25) is 0 Å². The van der Waals surface area contributed by atoms with Gasteiger partial charge in [-0.3, -0.25) is 9.69 Å². The Morgan fingerprint density at radius 2 is 1.92 bits per heavy atom. The molecule has 6 atom stereocenters. The van der Waals surface area contributed by atoms with Crippen molar-refractivity contribution in [3.05, 3.63) is 58.7 Å². The van der Waals surface area contributed by atoms with Crippen molar-refractivity contribution < 1.29 is 14.6 Å². The second kappa shape index (κ2) is 10.8. The number of phenolic OH excluding ortho intramolecular Hbond substituents is 1. The van der Waals surface area contributed by atoms with Crippen molar-refractivity contribution in [1.82, 2.24) is 4.90 Å². The van der Waals surface area contributed by atoms with Crippen LogP contribution in [0.15, 0.2) is 36.4 Å². The van der Waals surface area contributed by atoms with Gasteiger partial charge >= 0.3 is 0 Å². The summed E-state index contributed by atoms with van der Waals surface area (Å²) >= 11 is 0. The first-order valence-corrected chi connectivity index (χ1v) is 14.6. The van der Waals surface area contributed by atoms with Gasteiger partial charge in [0.2, 0.25) is 0 Å². The molecule has 0 bridgehead atoms. The van der Waals surface area contributed by atoms with E-state index in [0.717, 1.165) is 56.3 Å². The highest BCUT2D eigenvalue weighted by atomic mass is 16.5. The SMILES string of the molecule is CCN(CC)Cc1ccc(OCC[C@H]2CCC3C4C(CC[C@@]32C)c2ccc(O)cc2C[C@H]4C)c(C=O)c1. The van der Waals surface area contributed by atoms with Crippen LogP contribution in [0.4, 0.5) is 0 Å². The van der Waals surface area contributed by atoms with Crippen molar-refractivity contribution in [2.24, 2.45) is 29.1 Å². The third kappa shape index (κ3) is 4.94. The van der Waals surface area contributed by atoms with Crippen molar-refractivity contribution in [3.63, 3.8) is 0 Å². The molecule has 4 nitrogen and oxygen atoms in total. The molecule has 0 saturated heterocycles. The molecule has 0 amide bonds. The minimum absolute atomic E-state index is 0.369. The quantitative estimate of drug-likeness (QED) is 0.367. The topological polar surface area (TPSA) is 49.8 Å². The number of hydrogen-bond acceptors (Lipinski definition) is 4. The van der Waals surface area contributed by atoms with Crippen LogP contribution in [0.1, 0.15) is 92.8 Å². The molecule has 5 rings (SSSR count). The van der Waals surface area contributed by atoms with E-state index in [4.69, 9.17) is 4.74 Å². The average molecular weight is 504 g/mol. The van der Waals surface area contributed by atoms with E-state index in [1.807, 2.05) is 24.3 Å². The molecule has 2 fully saturated rings. The monoisotopic (exact) mass is 503 g/mol. The molecular weight excluding hydrogens is 458 g/mol. The zero-order chi connectivity index (χ0) is 26.2. The highest BCUT2D eigenvalue weighted by molar-refractivity contribution is 5.79. The lowest BCUT2D eigenvalue weighted by molar-refractivity contribution is 0.000905. The van der Waals surface area contributed by atoms with Gasteiger partial charge in [-0.2, -0.15) is 0 Å². The standard InChI is InChI=1S/C33H45NO3/c1-5-34(6-2)20-23-7-12-31(25(18-23)21-35)37-16-14-26-8-11-30-32-22(3)17-24-19-27(36)9-10-28(24)29(32)13-15-33(26,30)4/h7,9-10,12,18-19,21-22,26,29-30,32,36H,5-6,8,11,13-17,20H2,1-4H3/t22-,26-,29?,30?,32?,33-/m1/s1. The Labute approximate surface area is 223 Å². The third-order valence-corrected chi connectivity index (χ3v) is 10.5. The molecule has 0 spiro atoms. The van der Waals surface area contributed by atoms with E-state index in [1.54, 1.807) is 0 Å². The molecule has 2 saturated carbocycles. The van der Waals surface area contributed by atoms with E-state index in [2.05, 4.69) is 44.7 Å². The smallest absolute Gasteiger partial charge is 0.153 e. The third-order valence-electron chi connectivity index (χ3n) is 10.5. The van der Waals surface area contributed by atoms with E-state index < -0.39 is 0 Å². The Balaban J connectivity index is 1.24. The Morgan fingerprint density at radius 1 is 1.11 bits per heavy atom. The fourth-order valence-corrected chi connectivity index (χ4v) is 8.48. The van der Waals surface area contributed by atoms with Crippen LogP contribution in [0.25, 0.3) is 0 Å². The van der Waals surface area contributed by atoms with Crippen LogP contribution in [0, 0.1) is 29.1 Å². The summed E-state index contributed by atoms with van der Waals surface area (Å²) in [6.45, 7) is 12.9. The normalized spacial score (nSPS) is 30.5. The minimum atomic E-state index is 0.369. The maximum atomic E-state index is 11.8. The Bertz CT molecular complexity index is 1110. The predicted octanol–water partition coefficient (Wildman–Crippen LogP) is 7.23. The molecule has 0 heterocycles. The van der Waals surface area contributed by atoms with Crippen LogP contribution in [-0.4, -0.2) is 36.0 Å². The minimum Gasteiger partial charge on any atom is -0.508 e. The second-order valence-corrected chi connectivity index (χ2v) is 12.3. The molecule has 1 N–H and O–H groups in total. The van der Waals surface area contributed by atoms with E-state index in [9.17, 15) is 9.90 Å². The molecule has 0 radical (unpaired) electrons. The lowest BCUT2D eigenvalue weighted by Gasteiger charge is -2.53. The van der Waals surface area contributed by atoms with Crippen LogP contribution in [0.5, 0.6) is 11.5 Å². The number of ether oxygens (including phenoxy) is 1. The number of carbonyl (C=O) groups is 1. The molecule has 4 heteroatoms. The summed E-state index contributed by atoms with van der Waals surface area (Å²) in [6, 6.07) is 12.2. The number of fused-ring (bicyclic) bond motifs is 5. The van der Waals surface area contributed by atoms with E-state index in [0.29, 0.717) is 41.1 Å². The molecule has 200 valence electrons. The molecule has 0 aromatic heterocycles. The fourth-order valence-electron chi connectivity index (χ4n) is 8.48. The highest BCUT2D eigenvalue weighted by Gasteiger charge is 2.55. The highest BCUT2D eigenvalue weighted by Crippen LogP contribution is 2.64. The van der Waals surface area contributed by atoms with Gasteiger partial charge in [0.05, 0.1) is 12.2 Å². The van der Waals surface area contributed by atoms with E-state index >= 15 is 0 Å². The maximum absolute atomic E-state index is 11.8. The van der Waals surface area contributed by atoms with Crippen LogP contribution in [0.3, 0.4) is 0 Å². The number of hydrogen-bond donors (Lipinski definition) is 1. The zero-order valence-corrected chi connectivity index (χ0v) is 23.2. The summed E-state index contributed by atoms with van der Waals surface area (Å²) in [5, 5.41) is 10.0. The lowest BCUT2D eigenvalue weighted by atomic mass is 9.51. The summed E-state index contributed by atoms with van der Waals surface area (Å²) < 4.78 is 6.24. The summed E-state index contributed by atoms with van der Waals surface area (Å²) in [7, 11) is 0. The van der Waals surface area contributed by atoms with E-state index in [1.165, 1.54) is 42.4 Å². The van der Waals surface area contributed by atoms with Gasteiger partial charge in [-0.1, -0.05) is 39.8 Å². The average Bonchev–Trinajstić information content (AvgIpc) is 3.23. The Kier molecular flexibility index (Phi) is 7.68. The van der Waals surface area contributed by atoms with Gasteiger partial charge in [-0.05, 0) is 128 Å². The number of nitrogens with zero attached hydrogens (tertiary/aromatic N) is 1. The van der Waals surface area contributed by atoms with Crippen LogP contribution in [-0.2, 0) is 13.0 Å². The van der Waals surface area contributed by atoms with Crippen molar-refractivity contribution in [3.8, 4) is 11.5 Å². The molecular formula is C33H45NO3. The molecule has 3 aliphatic carbocycles. The Morgan fingerprint density at radius 3 is 2.68 bits per heavy atom. The first-order chi connectivity index (χ1) is 17.9. The molecule has 3 unspecified atom stereocenters. The lowest BCUT2D eigenvalue weighted by Crippen LogP contribution is -2.45. The Hall–Kier alpha value is -2.33. The molecule has 37 heavy (non-hydrogen) atoms. The number of carbonyl (C=O) groups excluding carboxylic acids is 1. The fraction of sp³-hybridized carbons (Fsp3) is 0.606. The van der Waals surface area contributed by atoms with Crippen molar-refractivity contribution in [2.45, 2.75) is 78.7 Å². The van der Waals surface area contributed by atoms with Crippen molar-refractivity contribution >= 4 is 6.29 Å². The first kappa shape index (κ1) is 26.3. The summed E-state index contributed by atoms with van der Waals surface area (Å²) in [6.07, 6.45) is 8.21. The molecule has 2 aromatic carbocycles. The molecule has 3 aliphatic rings. The zero-order valence-electron chi connectivity index (χ0n) is 23.2. The van der Waals surface area contributed by atoms with Crippen molar-refractivity contribution in [1.29, 1.82) is 0 Å². The second-order valence-electron chi connectivity index (χ2n) is 12.3. The first-order valence-electron chi connectivity index (χ1n) is 14.6. The van der Waals surface area contributed by atoms with Gasteiger partial charge in [0.15, 0.2) is 6.29 Å².